The van der Waals surface area contributed by atoms with Gasteiger partial charge in [-0.05, 0) is 24.3 Å². The van der Waals surface area contributed by atoms with Crippen LogP contribution in [0.15, 0.2) is 17.5 Å². The first-order valence-corrected chi connectivity index (χ1v) is 6.68. The number of H-pyrrole nitrogens is 1. The first kappa shape index (κ1) is 10.7. The zero-order valence-electron chi connectivity index (χ0n) is 9.47. The van der Waals surface area contributed by atoms with Gasteiger partial charge >= 0.3 is 0 Å². The van der Waals surface area contributed by atoms with E-state index in [1.165, 1.54) is 0 Å². The van der Waals surface area contributed by atoms with Gasteiger partial charge in [-0.1, -0.05) is 6.07 Å². The van der Waals surface area contributed by atoms with E-state index in [0.717, 1.165) is 42.6 Å². The maximum absolute atomic E-state index is 5.96. The summed E-state index contributed by atoms with van der Waals surface area (Å²) in [7, 11) is 0. The summed E-state index contributed by atoms with van der Waals surface area (Å²) in [6, 6.07) is 4.29. The number of thiophene rings is 1. The smallest absolute Gasteiger partial charge is 0.245 e. The molecule has 0 aromatic carbocycles. The van der Waals surface area contributed by atoms with Crippen LogP contribution in [0.2, 0.25) is 0 Å². The van der Waals surface area contributed by atoms with Gasteiger partial charge in [-0.2, -0.15) is 4.98 Å². The van der Waals surface area contributed by atoms with Crippen molar-refractivity contribution in [3.05, 3.63) is 17.5 Å². The number of nitrogens with two attached hydrogens (primary N) is 1. The van der Waals surface area contributed by atoms with Crippen molar-refractivity contribution in [2.24, 2.45) is 5.73 Å². The van der Waals surface area contributed by atoms with Crippen LogP contribution in [-0.2, 0) is 0 Å². The van der Waals surface area contributed by atoms with Crippen LogP contribution in [0.5, 0.6) is 0 Å². The fraction of sp³-hybridized carbons (Fsp3) is 0.455. The van der Waals surface area contributed by atoms with Gasteiger partial charge in [0.15, 0.2) is 5.82 Å². The molecule has 1 aliphatic rings. The van der Waals surface area contributed by atoms with Gasteiger partial charge in [0.05, 0.1) is 4.88 Å². The summed E-state index contributed by atoms with van der Waals surface area (Å²) in [6.45, 7) is 1.84. The normalized spacial score (nSPS) is 20.8. The molecular weight excluding hydrogens is 234 g/mol. The van der Waals surface area contributed by atoms with Crippen LogP contribution >= 0.6 is 11.3 Å². The quantitative estimate of drug-likeness (QED) is 0.845. The molecular formula is C11H15N5S. The lowest BCUT2D eigenvalue weighted by Gasteiger charge is -2.29. The molecule has 0 spiro atoms. The van der Waals surface area contributed by atoms with Gasteiger partial charge in [0.2, 0.25) is 5.95 Å². The molecule has 3 heterocycles. The van der Waals surface area contributed by atoms with E-state index in [-0.39, 0.29) is 6.04 Å². The molecule has 2 aromatic rings. The number of rotatable bonds is 2. The van der Waals surface area contributed by atoms with E-state index in [9.17, 15) is 0 Å². The third kappa shape index (κ3) is 2.18. The Hall–Kier alpha value is -1.40. The molecule has 0 radical (unpaired) electrons. The third-order valence-corrected chi connectivity index (χ3v) is 3.85. The van der Waals surface area contributed by atoms with Crippen molar-refractivity contribution in [3.8, 4) is 10.7 Å². The number of aromatic amines is 1. The minimum atomic E-state index is 0.243. The fourth-order valence-corrected chi connectivity index (χ4v) is 2.77. The van der Waals surface area contributed by atoms with Gasteiger partial charge in [-0.3, -0.25) is 5.10 Å². The van der Waals surface area contributed by atoms with Crippen molar-refractivity contribution in [2.45, 2.75) is 18.9 Å². The molecule has 3 rings (SSSR count). The number of hydrogen-bond acceptors (Lipinski definition) is 5. The Morgan fingerprint density at radius 2 is 2.47 bits per heavy atom. The Kier molecular flexibility index (Phi) is 2.82. The number of hydrogen-bond donors (Lipinski definition) is 2. The minimum absolute atomic E-state index is 0.243. The van der Waals surface area contributed by atoms with Crippen molar-refractivity contribution in [1.82, 2.24) is 15.2 Å². The van der Waals surface area contributed by atoms with Gasteiger partial charge in [0, 0.05) is 19.1 Å². The SMILES string of the molecule is NC1CCCN(c2n[nH]c(-c3cccs3)n2)C1. The Bertz CT molecular complexity index is 478. The molecule has 2 aromatic heterocycles. The second kappa shape index (κ2) is 4.46. The zero-order chi connectivity index (χ0) is 11.7. The van der Waals surface area contributed by atoms with Crippen LogP contribution in [0.3, 0.4) is 0 Å². The zero-order valence-corrected chi connectivity index (χ0v) is 10.3. The van der Waals surface area contributed by atoms with Crippen LogP contribution in [0.25, 0.3) is 10.7 Å². The van der Waals surface area contributed by atoms with Gasteiger partial charge in [0.25, 0.3) is 0 Å². The fourth-order valence-electron chi connectivity index (χ4n) is 2.11. The standard InChI is InChI=1S/C11H15N5S/c12-8-3-1-5-16(7-8)11-13-10(14-15-11)9-4-2-6-17-9/h2,4,6,8H,1,3,5,7,12H2,(H,13,14,15). The van der Waals surface area contributed by atoms with Gasteiger partial charge in [-0.15, -0.1) is 16.4 Å². The number of piperidine rings is 1. The lowest BCUT2D eigenvalue weighted by Crippen LogP contribution is -2.43. The molecule has 17 heavy (non-hydrogen) atoms. The molecule has 3 N–H and O–H groups in total. The Balaban J connectivity index is 1.80. The van der Waals surface area contributed by atoms with Gasteiger partial charge < -0.3 is 10.6 Å². The highest BCUT2D eigenvalue weighted by atomic mass is 32.1. The van der Waals surface area contributed by atoms with Crippen molar-refractivity contribution in [3.63, 3.8) is 0 Å². The van der Waals surface area contributed by atoms with Crippen LogP contribution in [0.4, 0.5) is 5.95 Å². The van der Waals surface area contributed by atoms with Crippen LogP contribution in [-0.4, -0.2) is 34.3 Å². The second-order valence-corrected chi connectivity index (χ2v) is 5.26. The van der Waals surface area contributed by atoms with Crippen molar-refractivity contribution in [2.75, 3.05) is 18.0 Å². The molecule has 90 valence electrons. The molecule has 1 fully saturated rings. The number of nitrogens with one attached hydrogen (secondary N) is 1. The van der Waals surface area contributed by atoms with Crippen molar-refractivity contribution in [1.29, 1.82) is 0 Å². The first-order valence-electron chi connectivity index (χ1n) is 5.80. The molecule has 1 atom stereocenters. The Morgan fingerprint density at radius 3 is 3.24 bits per heavy atom. The van der Waals surface area contributed by atoms with Crippen LogP contribution in [0.1, 0.15) is 12.8 Å². The average molecular weight is 249 g/mol. The summed E-state index contributed by atoms with van der Waals surface area (Å²) < 4.78 is 0. The molecule has 0 saturated carbocycles. The highest BCUT2D eigenvalue weighted by molar-refractivity contribution is 7.13. The highest BCUT2D eigenvalue weighted by Crippen LogP contribution is 2.23. The lowest BCUT2D eigenvalue weighted by molar-refractivity contribution is 0.500. The highest BCUT2D eigenvalue weighted by Gasteiger charge is 2.20. The lowest BCUT2D eigenvalue weighted by atomic mass is 10.1. The molecule has 6 heteroatoms. The summed E-state index contributed by atoms with van der Waals surface area (Å²) in [5, 5.41) is 9.29. The third-order valence-electron chi connectivity index (χ3n) is 2.97. The Labute approximate surface area is 104 Å². The van der Waals surface area contributed by atoms with Gasteiger partial charge in [0.1, 0.15) is 0 Å². The van der Waals surface area contributed by atoms with E-state index in [1.807, 2.05) is 17.5 Å². The molecule has 1 saturated heterocycles. The van der Waals surface area contributed by atoms with E-state index < -0.39 is 0 Å². The summed E-state index contributed by atoms with van der Waals surface area (Å²) in [5.74, 6) is 1.61. The predicted octanol–water partition coefficient (Wildman–Crippen LogP) is 1.46. The topological polar surface area (TPSA) is 70.8 Å². The molecule has 0 bridgehead atoms. The minimum Gasteiger partial charge on any atom is -0.338 e. The summed E-state index contributed by atoms with van der Waals surface area (Å²) >= 11 is 1.66. The number of aromatic nitrogens is 3. The molecule has 5 nitrogen and oxygen atoms in total. The van der Waals surface area contributed by atoms with E-state index in [2.05, 4.69) is 20.1 Å². The second-order valence-electron chi connectivity index (χ2n) is 4.31. The van der Waals surface area contributed by atoms with E-state index >= 15 is 0 Å². The first-order chi connectivity index (χ1) is 8.33. The Morgan fingerprint density at radius 1 is 1.53 bits per heavy atom. The summed E-state index contributed by atoms with van der Waals surface area (Å²) in [4.78, 5) is 7.80. The van der Waals surface area contributed by atoms with Crippen molar-refractivity contribution >= 4 is 17.3 Å². The predicted molar refractivity (Wildman–Crippen MR) is 69.1 cm³/mol. The van der Waals surface area contributed by atoms with E-state index in [1.54, 1.807) is 11.3 Å². The molecule has 0 aliphatic carbocycles. The molecule has 1 aliphatic heterocycles. The van der Waals surface area contributed by atoms with Crippen LogP contribution in [0, 0.1) is 0 Å². The maximum atomic E-state index is 5.96. The molecule has 1 unspecified atom stereocenters. The van der Waals surface area contributed by atoms with Gasteiger partial charge in [-0.25, -0.2) is 0 Å². The molecule has 0 amide bonds. The van der Waals surface area contributed by atoms with E-state index in [4.69, 9.17) is 5.73 Å². The van der Waals surface area contributed by atoms with Crippen molar-refractivity contribution < 1.29 is 0 Å². The summed E-state index contributed by atoms with van der Waals surface area (Å²) in [6.07, 6.45) is 2.21. The number of anilines is 1. The summed E-state index contributed by atoms with van der Waals surface area (Å²) in [5.41, 5.74) is 5.96. The largest absolute Gasteiger partial charge is 0.338 e. The maximum Gasteiger partial charge on any atom is 0.245 e. The average Bonchev–Trinajstić information content (AvgIpc) is 3.00. The number of nitrogens with zero attached hydrogens (tertiary/aromatic N) is 3. The van der Waals surface area contributed by atoms with E-state index in [0.29, 0.717) is 0 Å². The van der Waals surface area contributed by atoms with Crippen LogP contribution < -0.4 is 10.6 Å². The monoisotopic (exact) mass is 249 g/mol.